The van der Waals surface area contributed by atoms with Gasteiger partial charge in [0, 0.05) is 24.5 Å². The molecule has 0 radical (unpaired) electrons. The summed E-state index contributed by atoms with van der Waals surface area (Å²) in [7, 11) is 0. The number of anilines is 2. The van der Waals surface area contributed by atoms with Gasteiger partial charge in [-0.2, -0.15) is 0 Å². The molecule has 0 aliphatic rings. The molecule has 0 saturated heterocycles. The number of benzene rings is 2. The maximum absolute atomic E-state index is 5.75. The lowest BCUT2D eigenvalue weighted by Crippen LogP contribution is -2.25. The van der Waals surface area contributed by atoms with Gasteiger partial charge < -0.3 is 10.6 Å². The van der Waals surface area contributed by atoms with E-state index in [1.54, 1.807) is 0 Å². The lowest BCUT2D eigenvalue weighted by molar-refractivity contribution is 0.678. The molecule has 0 aromatic heterocycles. The summed E-state index contributed by atoms with van der Waals surface area (Å²) in [5.41, 5.74) is 10.4. The van der Waals surface area contributed by atoms with Crippen LogP contribution in [0, 0.1) is 0 Å². The van der Waals surface area contributed by atoms with Gasteiger partial charge in [0.05, 0.1) is 0 Å². The highest BCUT2D eigenvalue weighted by Gasteiger charge is 2.06. The lowest BCUT2D eigenvalue weighted by atomic mass is 10.0. The molecule has 0 amide bonds. The first-order valence-electron chi connectivity index (χ1n) is 8.45. The molecular weight excluding hydrogens is 268 g/mol. The van der Waals surface area contributed by atoms with Gasteiger partial charge in [-0.3, -0.25) is 0 Å². The van der Waals surface area contributed by atoms with Gasteiger partial charge in [0.15, 0.2) is 0 Å². The van der Waals surface area contributed by atoms with Crippen LogP contribution in [0.2, 0.25) is 0 Å². The van der Waals surface area contributed by atoms with Gasteiger partial charge in [-0.05, 0) is 48.2 Å². The molecule has 0 aliphatic carbocycles. The minimum atomic E-state index is 0.811. The summed E-state index contributed by atoms with van der Waals surface area (Å²) >= 11 is 0. The van der Waals surface area contributed by atoms with Crippen molar-refractivity contribution >= 4 is 11.4 Å². The average molecular weight is 296 g/mol. The van der Waals surface area contributed by atoms with E-state index < -0.39 is 0 Å². The van der Waals surface area contributed by atoms with E-state index in [2.05, 4.69) is 55.1 Å². The average Bonchev–Trinajstić information content (AvgIpc) is 2.56. The molecule has 2 rings (SSSR count). The zero-order chi connectivity index (χ0) is 15.8. The predicted octanol–water partition coefficient (Wildman–Crippen LogP) is 5.34. The van der Waals surface area contributed by atoms with Crippen LogP contribution in [0.15, 0.2) is 48.5 Å². The first kappa shape index (κ1) is 16.4. The van der Waals surface area contributed by atoms with Crippen molar-refractivity contribution in [1.82, 2.24) is 0 Å². The van der Waals surface area contributed by atoms with E-state index in [0.29, 0.717) is 0 Å². The van der Waals surface area contributed by atoms with Crippen LogP contribution in [0.5, 0.6) is 0 Å². The van der Waals surface area contributed by atoms with Gasteiger partial charge in [-0.15, -0.1) is 0 Å². The van der Waals surface area contributed by atoms with Crippen LogP contribution in [-0.2, 0) is 0 Å². The highest BCUT2D eigenvalue weighted by molar-refractivity contribution is 5.67. The van der Waals surface area contributed by atoms with E-state index in [0.717, 1.165) is 18.8 Å². The number of nitrogen functional groups attached to an aromatic ring is 1. The Kier molecular flexibility index (Phi) is 6.32. The van der Waals surface area contributed by atoms with Crippen molar-refractivity contribution in [3.8, 4) is 11.1 Å². The zero-order valence-electron chi connectivity index (χ0n) is 13.9. The minimum absolute atomic E-state index is 0.811. The topological polar surface area (TPSA) is 29.3 Å². The van der Waals surface area contributed by atoms with Crippen molar-refractivity contribution in [2.75, 3.05) is 23.7 Å². The SMILES string of the molecule is CCCCN(CCCC)c1ccc(-c2ccc(N)cc2)cc1. The van der Waals surface area contributed by atoms with E-state index in [9.17, 15) is 0 Å². The molecule has 0 aliphatic heterocycles. The van der Waals surface area contributed by atoms with E-state index in [-0.39, 0.29) is 0 Å². The van der Waals surface area contributed by atoms with Crippen molar-refractivity contribution in [1.29, 1.82) is 0 Å². The largest absolute Gasteiger partial charge is 0.399 e. The van der Waals surface area contributed by atoms with Gasteiger partial charge in [-0.1, -0.05) is 51.0 Å². The molecule has 0 heterocycles. The predicted molar refractivity (Wildman–Crippen MR) is 98.3 cm³/mol. The van der Waals surface area contributed by atoms with E-state index in [1.165, 1.54) is 42.5 Å². The molecule has 2 heteroatoms. The Morgan fingerprint density at radius 3 is 1.64 bits per heavy atom. The third kappa shape index (κ3) is 4.52. The van der Waals surface area contributed by atoms with Crippen LogP contribution < -0.4 is 10.6 Å². The molecule has 2 aromatic rings. The molecule has 22 heavy (non-hydrogen) atoms. The van der Waals surface area contributed by atoms with Crippen molar-refractivity contribution < 1.29 is 0 Å². The molecule has 0 atom stereocenters. The fraction of sp³-hybridized carbons (Fsp3) is 0.400. The van der Waals surface area contributed by atoms with Gasteiger partial charge in [0.2, 0.25) is 0 Å². The van der Waals surface area contributed by atoms with Crippen LogP contribution in [0.1, 0.15) is 39.5 Å². The van der Waals surface area contributed by atoms with Crippen LogP contribution in [0.4, 0.5) is 11.4 Å². The molecule has 118 valence electrons. The molecule has 2 aromatic carbocycles. The first-order valence-corrected chi connectivity index (χ1v) is 8.45. The number of nitrogens with zero attached hydrogens (tertiary/aromatic N) is 1. The Bertz CT molecular complexity index is 535. The molecule has 0 bridgehead atoms. The van der Waals surface area contributed by atoms with Crippen molar-refractivity contribution in [2.24, 2.45) is 0 Å². The Hall–Kier alpha value is -1.96. The maximum atomic E-state index is 5.75. The summed E-state index contributed by atoms with van der Waals surface area (Å²) in [5.74, 6) is 0. The van der Waals surface area contributed by atoms with E-state index >= 15 is 0 Å². The zero-order valence-corrected chi connectivity index (χ0v) is 13.9. The monoisotopic (exact) mass is 296 g/mol. The van der Waals surface area contributed by atoms with E-state index in [4.69, 9.17) is 5.73 Å². The molecule has 2 N–H and O–H groups in total. The van der Waals surface area contributed by atoms with Gasteiger partial charge >= 0.3 is 0 Å². The Labute approximate surface area is 135 Å². The van der Waals surface area contributed by atoms with Gasteiger partial charge in [-0.25, -0.2) is 0 Å². The Morgan fingerprint density at radius 1 is 0.727 bits per heavy atom. The van der Waals surface area contributed by atoms with Crippen LogP contribution in [-0.4, -0.2) is 13.1 Å². The third-order valence-corrected chi connectivity index (χ3v) is 4.04. The molecular formula is C20H28N2. The van der Waals surface area contributed by atoms with Crippen molar-refractivity contribution in [3.63, 3.8) is 0 Å². The number of unbranched alkanes of at least 4 members (excludes halogenated alkanes) is 2. The Balaban J connectivity index is 2.12. The molecule has 0 unspecified atom stereocenters. The van der Waals surface area contributed by atoms with Crippen molar-refractivity contribution in [3.05, 3.63) is 48.5 Å². The normalized spacial score (nSPS) is 10.6. The quantitative estimate of drug-likeness (QED) is 0.666. The molecule has 0 saturated carbocycles. The first-order chi connectivity index (χ1) is 10.7. The summed E-state index contributed by atoms with van der Waals surface area (Å²) < 4.78 is 0. The number of nitrogens with two attached hydrogens (primary N) is 1. The van der Waals surface area contributed by atoms with Crippen molar-refractivity contribution in [2.45, 2.75) is 39.5 Å². The van der Waals surface area contributed by atoms with E-state index in [1.807, 2.05) is 12.1 Å². The summed E-state index contributed by atoms with van der Waals surface area (Å²) in [4.78, 5) is 2.51. The standard InChI is InChI=1S/C20H28N2/c1-3-5-15-22(16-6-4-2)20-13-9-18(10-14-20)17-7-11-19(21)12-8-17/h7-14H,3-6,15-16,21H2,1-2H3. The number of hydrogen-bond acceptors (Lipinski definition) is 2. The summed E-state index contributed by atoms with van der Waals surface area (Å²) in [5, 5.41) is 0. The summed E-state index contributed by atoms with van der Waals surface area (Å²) in [6, 6.07) is 17.0. The molecule has 2 nitrogen and oxygen atoms in total. The van der Waals surface area contributed by atoms with Crippen LogP contribution >= 0.6 is 0 Å². The summed E-state index contributed by atoms with van der Waals surface area (Å²) in [6.45, 7) is 6.81. The fourth-order valence-corrected chi connectivity index (χ4v) is 2.61. The second-order valence-corrected chi connectivity index (χ2v) is 5.86. The van der Waals surface area contributed by atoms with Crippen LogP contribution in [0.25, 0.3) is 11.1 Å². The second-order valence-electron chi connectivity index (χ2n) is 5.86. The summed E-state index contributed by atoms with van der Waals surface area (Å²) in [6.07, 6.45) is 4.99. The third-order valence-electron chi connectivity index (χ3n) is 4.04. The van der Waals surface area contributed by atoms with Gasteiger partial charge in [0.1, 0.15) is 0 Å². The minimum Gasteiger partial charge on any atom is -0.399 e. The lowest BCUT2D eigenvalue weighted by Gasteiger charge is -2.25. The van der Waals surface area contributed by atoms with Crippen LogP contribution in [0.3, 0.4) is 0 Å². The molecule has 0 fully saturated rings. The fourth-order valence-electron chi connectivity index (χ4n) is 2.61. The number of rotatable bonds is 8. The highest BCUT2D eigenvalue weighted by Crippen LogP contribution is 2.24. The Morgan fingerprint density at radius 2 is 1.18 bits per heavy atom. The number of hydrogen-bond donors (Lipinski definition) is 1. The molecule has 0 spiro atoms. The highest BCUT2D eigenvalue weighted by atomic mass is 15.1. The second kappa shape index (κ2) is 8.47. The maximum Gasteiger partial charge on any atom is 0.0366 e. The van der Waals surface area contributed by atoms with Gasteiger partial charge in [0.25, 0.3) is 0 Å². The smallest absolute Gasteiger partial charge is 0.0366 e.